The Morgan fingerprint density at radius 1 is 1.28 bits per heavy atom. The summed E-state index contributed by atoms with van der Waals surface area (Å²) >= 11 is 0. The molecule has 0 radical (unpaired) electrons. The van der Waals surface area contributed by atoms with Crippen LogP contribution in [0.1, 0.15) is 67.3 Å². The highest BCUT2D eigenvalue weighted by molar-refractivity contribution is 6.01. The predicted molar refractivity (Wildman–Crippen MR) is 94.8 cm³/mol. The molecule has 1 saturated carbocycles. The average Bonchev–Trinajstić information content (AvgIpc) is 2.61. The van der Waals surface area contributed by atoms with Crippen molar-refractivity contribution in [2.45, 2.75) is 56.9 Å². The van der Waals surface area contributed by atoms with Crippen molar-refractivity contribution in [2.75, 3.05) is 19.8 Å². The molecule has 5 nitrogen and oxygen atoms in total. The zero-order chi connectivity index (χ0) is 17.9. The molecule has 1 amide bonds. The molecule has 1 atom stereocenters. The van der Waals surface area contributed by atoms with Gasteiger partial charge in [-0.25, -0.2) is 0 Å². The lowest BCUT2D eigenvalue weighted by molar-refractivity contribution is -0.144. The van der Waals surface area contributed by atoms with Crippen LogP contribution in [0.5, 0.6) is 0 Å². The molecule has 0 unspecified atom stereocenters. The van der Waals surface area contributed by atoms with Gasteiger partial charge in [-0.3, -0.25) is 9.59 Å². The lowest BCUT2D eigenvalue weighted by Crippen LogP contribution is -2.61. The standard InChI is InChI=1S/C20H27NO4/c1-2-25-14-8-13-21-18(22)16-10-5-4-9-15(16)17(19(23)24)20(21)11-6-3-7-12-20/h4-5,9-10,17H,2-3,6-8,11-14H2,1H3,(H,23,24)/t17-/m0/s1. The van der Waals surface area contributed by atoms with Crippen LogP contribution in [-0.4, -0.2) is 47.2 Å². The van der Waals surface area contributed by atoms with Gasteiger partial charge in [0, 0.05) is 25.3 Å². The molecule has 0 aromatic heterocycles. The van der Waals surface area contributed by atoms with Crippen molar-refractivity contribution in [3.63, 3.8) is 0 Å². The monoisotopic (exact) mass is 345 g/mol. The number of amides is 1. The maximum atomic E-state index is 13.2. The van der Waals surface area contributed by atoms with E-state index in [0.717, 1.165) is 38.5 Å². The van der Waals surface area contributed by atoms with Gasteiger partial charge in [-0.1, -0.05) is 37.5 Å². The van der Waals surface area contributed by atoms with E-state index in [1.165, 1.54) is 0 Å². The predicted octanol–water partition coefficient (Wildman–Crippen LogP) is 3.44. The first-order valence-corrected chi connectivity index (χ1v) is 9.33. The van der Waals surface area contributed by atoms with Crippen molar-refractivity contribution in [3.8, 4) is 0 Å². The van der Waals surface area contributed by atoms with Crippen LogP contribution in [0, 0.1) is 0 Å². The molecule has 0 bridgehead atoms. The summed E-state index contributed by atoms with van der Waals surface area (Å²) in [6.45, 7) is 3.75. The second kappa shape index (κ2) is 7.56. The fourth-order valence-corrected chi connectivity index (χ4v) is 4.62. The van der Waals surface area contributed by atoms with Crippen molar-refractivity contribution in [1.29, 1.82) is 0 Å². The van der Waals surface area contributed by atoms with Crippen molar-refractivity contribution < 1.29 is 19.4 Å². The lowest BCUT2D eigenvalue weighted by Gasteiger charge is -2.53. The second-order valence-corrected chi connectivity index (χ2v) is 7.03. The Morgan fingerprint density at radius 2 is 2.00 bits per heavy atom. The van der Waals surface area contributed by atoms with Gasteiger partial charge in [0.2, 0.25) is 0 Å². The molecule has 1 aromatic rings. The van der Waals surface area contributed by atoms with Crippen LogP contribution in [0.25, 0.3) is 0 Å². The minimum Gasteiger partial charge on any atom is -0.481 e. The van der Waals surface area contributed by atoms with E-state index in [9.17, 15) is 14.7 Å². The summed E-state index contributed by atoms with van der Waals surface area (Å²) in [7, 11) is 0. The molecular formula is C20H27NO4. The third-order valence-electron chi connectivity index (χ3n) is 5.66. The smallest absolute Gasteiger partial charge is 0.313 e. The summed E-state index contributed by atoms with van der Waals surface area (Å²) in [6, 6.07) is 7.23. The first kappa shape index (κ1) is 17.9. The van der Waals surface area contributed by atoms with E-state index in [0.29, 0.717) is 30.9 Å². The van der Waals surface area contributed by atoms with Gasteiger partial charge in [-0.05, 0) is 37.8 Å². The molecule has 2 aliphatic rings. The van der Waals surface area contributed by atoms with E-state index in [-0.39, 0.29) is 5.91 Å². The quantitative estimate of drug-likeness (QED) is 0.802. The zero-order valence-corrected chi connectivity index (χ0v) is 14.9. The number of benzene rings is 1. The van der Waals surface area contributed by atoms with Gasteiger partial charge in [0.25, 0.3) is 5.91 Å². The van der Waals surface area contributed by atoms with E-state index < -0.39 is 17.4 Å². The summed E-state index contributed by atoms with van der Waals surface area (Å²) in [4.78, 5) is 27.3. The fraction of sp³-hybridized carbons (Fsp3) is 0.600. The zero-order valence-electron chi connectivity index (χ0n) is 14.9. The summed E-state index contributed by atoms with van der Waals surface area (Å²) in [6.07, 6.45) is 5.31. The number of carboxylic acid groups (broad SMARTS) is 1. The number of aliphatic carboxylic acids is 1. The summed E-state index contributed by atoms with van der Waals surface area (Å²) < 4.78 is 5.43. The molecule has 1 aliphatic carbocycles. The molecule has 0 saturated heterocycles. The highest BCUT2D eigenvalue weighted by Crippen LogP contribution is 2.49. The third-order valence-corrected chi connectivity index (χ3v) is 5.66. The van der Waals surface area contributed by atoms with Gasteiger partial charge in [0.15, 0.2) is 0 Å². The number of hydrogen-bond acceptors (Lipinski definition) is 3. The molecule has 1 aromatic carbocycles. The van der Waals surface area contributed by atoms with E-state index in [4.69, 9.17) is 4.74 Å². The topological polar surface area (TPSA) is 66.8 Å². The van der Waals surface area contributed by atoms with Crippen molar-refractivity contribution in [3.05, 3.63) is 35.4 Å². The maximum Gasteiger partial charge on any atom is 0.313 e. The summed E-state index contributed by atoms with van der Waals surface area (Å²) in [5.41, 5.74) is 0.632. The number of fused-ring (bicyclic) bond motifs is 1. The van der Waals surface area contributed by atoms with Crippen LogP contribution >= 0.6 is 0 Å². The number of hydrogen-bond donors (Lipinski definition) is 1. The van der Waals surface area contributed by atoms with Crippen molar-refractivity contribution >= 4 is 11.9 Å². The van der Waals surface area contributed by atoms with Crippen LogP contribution in [-0.2, 0) is 9.53 Å². The highest BCUT2D eigenvalue weighted by atomic mass is 16.5. The summed E-state index contributed by atoms with van der Waals surface area (Å²) in [5.74, 6) is -1.49. The van der Waals surface area contributed by atoms with Gasteiger partial charge in [0.05, 0.1) is 5.54 Å². The SMILES string of the molecule is CCOCCCN1C(=O)c2ccccc2[C@@H](C(=O)O)C12CCCCC2. The number of carbonyl (C=O) groups excluding carboxylic acids is 1. The van der Waals surface area contributed by atoms with Crippen LogP contribution in [0.4, 0.5) is 0 Å². The number of nitrogens with zero attached hydrogens (tertiary/aromatic N) is 1. The minimum absolute atomic E-state index is 0.0218. The van der Waals surface area contributed by atoms with Crippen LogP contribution in [0.3, 0.4) is 0 Å². The Bertz CT molecular complexity index is 636. The Hall–Kier alpha value is -1.88. The number of carbonyl (C=O) groups is 2. The van der Waals surface area contributed by atoms with E-state index in [1.807, 2.05) is 30.0 Å². The molecule has 1 aliphatic heterocycles. The van der Waals surface area contributed by atoms with Gasteiger partial charge in [-0.15, -0.1) is 0 Å². The van der Waals surface area contributed by atoms with Crippen molar-refractivity contribution in [2.24, 2.45) is 0 Å². The van der Waals surface area contributed by atoms with Crippen LogP contribution < -0.4 is 0 Å². The van der Waals surface area contributed by atoms with E-state index in [2.05, 4.69) is 0 Å². The highest BCUT2D eigenvalue weighted by Gasteiger charge is 2.54. The normalized spacial score (nSPS) is 22.0. The number of carboxylic acids is 1. The summed E-state index contributed by atoms with van der Waals surface area (Å²) in [5, 5.41) is 10.1. The minimum atomic E-state index is -0.823. The lowest BCUT2D eigenvalue weighted by atomic mass is 9.65. The molecule has 1 fully saturated rings. The van der Waals surface area contributed by atoms with Crippen LogP contribution in [0.15, 0.2) is 24.3 Å². The Balaban J connectivity index is 2.02. The van der Waals surface area contributed by atoms with E-state index in [1.54, 1.807) is 6.07 Å². The second-order valence-electron chi connectivity index (χ2n) is 7.03. The largest absolute Gasteiger partial charge is 0.481 e. The van der Waals surface area contributed by atoms with Gasteiger partial charge >= 0.3 is 5.97 Å². The fourth-order valence-electron chi connectivity index (χ4n) is 4.62. The molecular weight excluding hydrogens is 318 g/mol. The molecule has 5 heteroatoms. The Morgan fingerprint density at radius 3 is 2.68 bits per heavy atom. The average molecular weight is 345 g/mol. The number of rotatable bonds is 6. The van der Waals surface area contributed by atoms with Crippen molar-refractivity contribution in [1.82, 2.24) is 4.90 Å². The van der Waals surface area contributed by atoms with E-state index >= 15 is 0 Å². The molecule has 1 heterocycles. The maximum absolute atomic E-state index is 13.2. The molecule has 3 rings (SSSR count). The molecule has 1 spiro atoms. The van der Waals surface area contributed by atoms with Gasteiger partial charge in [-0.2, -0.15) is 0 Å². The first-order chi connectivity index (χ1) is 12.1. The first-order valence-electron chi connectivity index (χ1n) is 9.33. The molecule has 25 heavy (non-hydrogen) atoms. The number of ether oxygens (including phenoxy) is 1. The van der Waals surface area contributed by atoms with Gasteiger partial charge in [0.1, 0.15) is 5.92 Å². The van der Waals surface area contributed by atoms with Crippen LogP contribution in [0.2, 0.25) is 0 Å². The molecule has 136 valence electrons. The Kier molecular flexibility index (Phi) is 5.42. The third kappa shape index (κ3) is 3.17. The Labute approximate surface area is 149 Å². The van der Waals surface area contributed by atoms with Gasteiger partial charge < -0.3 is 14.7 Å². The molecule has 1 N–H and O–H groups in total.